The van der Waals surface area contributed by atoms with Crippen molar-refractivity contribution >= 4 is 11.8 Å². The van der Waals surface area contributed by atoms with Gasteiger partial charge in [-0.3, -0.25) is 0 Å². The van der Waals surface area contributed by atoms with E-state index in [0.717, 1.165) is 26.2 Å². The van der Waals surface area contributed by atoms with Crippen molar-refractivity contribution in [3.05, 3.63) is 29.8 Å². The van der Waals surface area contributed by atoms with Gasteiger partial charge in [-0.15, -0.1) is 11.8 Å². The first kappa shape index (κ1) is 14.4. The number of rotatable bonds is 5. The number of thioether (sulfide) groups is 1. The van der Waals surface area contributed by atoms with Gasteiger partial charge >= 0.3 is 0 Å². The summed E-state index contributed by atoms with van der Waals surface area (Å²) in [5, 5.41) is 0.604. The van der Waals surface area contributed by atoms with Gasteiger partial charge in [-0.25, -0.2) is 0 Å². The van der Waals surface area contributed by atoms with Gasteiger partial charge in [-0.1, -0.05) is 31.0 Å². The molecule has 1 aromatic carbocycles. The molecule has 1 aliphatic carbocycles. The normalized spacial score (nSPS) is 29.4. The molecule has 1 fully saturated rings. The summed E-state index contributed by atoms with van der Waals surface area (Å²) in [6, 6.07) is 8.74. The first-order valence-electron chi connectivity index (χ1n) is 7.89. The SMILES string of the molecule is NCC1CCCCC1COCC1Cc2ccccc2S1. The first-order chi connectivity index (χ1) is 9.86. The van der Waals surface area contributed by atoms with Gasteiger partial charge < -0.3 is 10.5 Å². The fourth-order valence-corrected chi connectivity index (χ4v) is 4.76. The van der Waals surface area contributed by atoms with Gasteiger partial charge in [0.15, 0.2) is 0 Å². The Morgan fingerprint density at radius 1 is 1.10 bits per heavy atom. The number of hydrogen-bond acceptors (Lipinski definition) is 3. The maximum Gasteiger partial charge on any atom is 0.0591 e. The van der Waals surface area contributed by atoms with E-state index in [1.807, 2.05) is 11.8 Å². The highest BCUT2D eigenvalue weighted by Gasteiger charge is 2.26. The van der Waals surface area contributed by atoms with Crippen LogP contribution in [-0.4, -0.2) is 25.0 Å². The van der Waals surface area contributed by atoms with Crippen LogP contribution in [0, 0.1) is 11.8 Å². The van der Waals surface area contributed by atoms with Crippen molar-refractivity contribution in [2.75, 3.05) is 19.8 Å². The first-order valence-corrected chi connectivity index (χ1v) is 8.77. The standard InChI is InChI=1S/C17H25NOS/c18-10-14-6-1-2-7-15(14)11-19-12-16-9-13-5-3-4-8-17(13)20-16/h3-5,8,14-16H,1-2,6-7,9-12,18H2. The minimum absolute atomic E-state index is 0.604. The lowest BCUT2D eigenvalue weighted by atomic mass is 9.80. The summed E-state index contributed by atoms with van der Waals surface area (Å²) in [7, 11) is 0. The molecule has 0 aromatic heterocycles. The highest BCUT2D eigenvalue weighted by Crippen LogP contribution is 2.37. The molecule has 2 nitrogen and oxygen atoms in total. The van der Waals surface area contributed by atoms with Crippen molar-refractivity contribution in [1.82, 2.24) is 0 Å². The van der Waals surface area contributed by atoms with Crippen LogP contribution >= 0.6 is 11.8 Å². The van der Waals surface area contributed by atoms with Crippen molar-refractivity contribution in [3.8, 4) is 0 Å². The Morgan fingerprint density at radius 3 is 2.70 bits per heavy atom. The highest BCUT2D eigenvalue weighted by molar-refractivity contribution is 8.00. The fourth-order valence-electron chi connectivity index (χ4n) is 3.51. The summed E-state index contributed by atoms with van der Waals surface area (Å²) in [4.78, 5) is 1.44. The van der Waals surface area contributed by atoms with Crippen LogP contribution in [0.4, 0.5) is 0 Å². The fraction of sp³-hybridized carbons (Fsp3) is 0.647. The Kier molecular flexibility index (Phi) is 5.03. The van der Waals surface area contributed by atoms with Crippen molar-refractivity contribution in [2.24, 2.45) is 17.6 Å². The maximum atomic E-state index is 6.04. The molecule has 3 rings (SSSR count). The predicted octanol–water partition coefficient (Wildman–Crippen LogP) is 3.49. The Hall–Kier alpha value is -0.510. The van der Waals surface area contributed by atoms with E-state index in [4.69, 9.17) is 10.5 Å². The van der Waals surface area contributed by atoms with Crippen LogP contribution in [0.25, 0.3) is 0 Å². The summed E-state index contributed by atoms with van der Waals surface area (Å²) < 4.78 is 6.04. The molecule has 1 aliphatic heterocycles. The molecular weight excluding hydrogens is 266 g/mol. The molecule has 1 aromatic rings. The second kappa shape index (κ2) is 6.97. The summed E-state index contributed by atoms with van der Waals surface area (Å²) in [6.45, 7) is 2.63. The Morgan fingerprint density at radius 2 is 1.90 bits per heavy atom. The van der Waals surface area contributed by atoms with Crippen molar-refractivity contribution in [3.63, 3.8) is 0 Å². The smallest absolute Gasteiger partial charge is 0.0591 e. The van der Waals surface area contributed by atoms with Crippen LogP contribution in [0.3, 0.4) is 0 Å². The monoisotopic (exact) mass is 291 g/mol. The van der Waals surface area contributed by atoms with E-state index < -0.39 is 0 Å². The largest absolute Gasteiger partial charge is 0.380 e. The van der Waals surface area contributed by atoms with Crippen LogP contribution in [0.5, 0.6) is 0 Å². The molecule has 2 aliphatic rings. The van der Waals surface area contributed by atoms with E-state index in [1.54, 1.807) is 0 Å². The predicted molar refractivity (Wildman–Crippen MR) is 85.1 cm³/mol. The second-order valence-corrected chi connectivity index (χ2v) is 7.47. The molecule has 2 N–H and O–H groups in total. The molecule has 0 radical (unpaired) electrons. The highest BCUT2D eigenvalue weighted by atomic mass is 32.2. The Balaban J connectivity index is 1.43. The lowest BCUT2D eigenvalue weighted by Gasteiger charge is -2.30. The van der Waals surface area contributed by atoms with Crippen LogP contribution in [0.15, 0.2) is 29.2 Å². The van der Waals surface area contributed by atoms with Gasteiger partial charge in [0.2, 0.25) is 0 Å². The van der Waals surface area contributed by atoms with Crippen molar-refractivity contribution < 1.29 is 4.74 Å². The minimum Gasteiger partial charge on any atom is -0.380 e. The quantitative estimate of drug-likeness (QED) is 0.902. The zero-order valence-corrected chi connectivity index (χ0v) is 12.9. The van der Waals surface area contributed by atoms with Crippen LogP contribution in [-0.2, 0) is 11.2 Å². The van der Waals surface area contributed by atoms with Gasteiger partial charge in [0.05, 0.1) is 6.61 Å². The van der Waals surface area contributed by atoms with Crippen molar-refractivity contribution in [2.45, 2.75) is 42.2 Å². The molecule has 1 heterocycles. The van der Waals surface area contributed by atoms with E-state index in [-0.39, 0.29) is 0 Å². The molecule has 110 valence electrons. The third kappa shape index (κ3) is 3.38. The summed E-state index contributed by atoms with van der Waals surface area (Å²) >= 11 is 1.98. The zero-order chi connectivity index (χ0) is 13.8. The van der Waals surface area contributed by atoms with Gasteiger partial charge in [-0.2, -0.15) is 0 Å². The van der Waals surface area contributed by atoms with Crippen LogP contribution in [0.1, 0.15) is 31.2 Å². The molecule has 20 heavy (non-hydrogen) atoms. The second-order valence-electron chi connectivity index (χ2n) is 6.13. The number of benzene rings is 1. The Labute approximate surface area is 126 Å². The topological polar surface area (TPSA) is 35.2 Å². The van der Waals surface area contributed by atoms with Gasteiger partial charge in [-0.05, 0) is 49.3 Å². The third-order valence-corrected chi connectivity index (χ3v) is 6.01. The molecule has 0 spiro atoms. The number of nitrogens with two attached hydrogens (primary N) is 1. The minimum atomic E-state index is 0.604. The van der Waals surface area contributed by atoms with Gasteiger partial charge in [0.25, 0.3) is 0 Å². The lowest BCUT2D eigenvalue weighted by molar-refractivity contribution is 0.0621. The van der Waals surface area contributed by atoms with Crippen LogP contribution < -0.4 is 5.73 Å². The summed E-state index contributed by atoms with van der Waals surface area (Å²) in [5.74, 6) is 1.39. The molecule has 3 unspecified atom stereocenters. The average Bonchev–Trinajstić information content (AvgIpc) is 2.90. The van der Waals surface area contributed by atoms with Crippen LogP contribution in [0.2, 0.25) is 0 Å². The van der Waals surface area contributed by atoms with Crippen molar-refractivity contribution in [1.29, 1.82) is 0 Å². The summed E-state index contributed by atoms with van der Waals surface area (Å²) in [6.07, 6.45) is 6.47. The van der Waals surface area contributed by atoms with E-state index >= 15 is 0 Å². The molecule has 0 saturated heterocycles. The number of ether oxygens (including phenoxy) is 1. The molecule has 0 bridgehead atoms. The van der Waals surface area contributed by atoms with Gasteiger partial charge in [0, 0.05) is 16.8 Å². The molecule has 1 saturated carbocycles. The maximum absolute atomic E-state index is 6.04. The lowest BCUT2D eigenvalue weighted by Crippen LogP contribution is -2.30. The number of hydrogen-bond donors (Lipinski definition) is 1. The third-order valence-electron chi connectivity index (χ3n) is 4.72. The molecule has 3 heteroatoms. The molecule has 0 amide bonds. The average molecular weight is 291 g/mol. The molecular formula is C17H25NOS. The number of fused-ring (bicyclic) bond motifs is 1. The molecule has 3 atom stereocenters. The summed E-state index contributed by atoms with van der Waals surface area (Å²) in [5.41, 5.74) is 7.37. The van der Waals surface area contributed by atoms with E-state index in [2.05, 4.69) is 24.3 Å². The van der Waals surface area contributed by atoms with E-state index in [9.17, 15) is 0 Å². The van der Waals surface area contributed by atoms with E-state index in [0.29, 0.717) is 17.1 Å². The van der Waals surface area contributed by atoms with E-state index in [1.165, 1.54) is 36.1 Å². The zero-order valence-electron chi connectivity index (χ0n) is 12.1. The Bertz CT molecular complexity index is 412. The van der Waals surface area contributed by atoms with Gasteiger partial charge in [0.1, 0.15) is 0 Å².